The zero-order chi connectivity index (χ0) is 34.1. The maximum Gasteiger partial charge on any atom is 0.252 e. The van der Waals surface area contributed by atoms with Crippen LogP contribution in [-0.2, 0) is 30.6 Å². The lowest BCUT2D eigenvalue weighted by Gasteiger charge is -2.47. The van der Waals surface area contributed by atoms with Crippen LogP contribution in [0.2, 0.25) is 0 Å². The molecule has 1 aromatic rings. The number of aliphatic hydroxyl groups is 2. The van der Waals surface area contributed by atoms with Gasteiger partial charge < -0.3 is 26.2 Å². The van der Waals surface area contributed by atoms with E-state index in [0.717, 1.165) is 37.5 Å². The van der Waals surface area contributed by atoms with E-state index in [1.54, 1.807) is 0 Å². The van der Waals surface area contributed by atoms with Gasteiger partial charge in [0.05, 0.1) is 22.9 Å². The maximum absolute atomic E-state index is 14.0. The van der Waals surface area contributed by atoms with E-state index < -0.39 is 61.8 Å². The van der Waals surface area contributed by atoms with Crippen molar-refractivity contribution in [3.8, 4) is 0 Å². The minimum Gasteiger partial charge on any atom is -0.390 e. The summed E-state index contributed by atoms with van der Waals surface area (Å²) >= 11 is 0. The van der Waals surface area contributed by atoms with Crippen molar-refractivity contribution in [1.29, 1.82) is 0 Å². The molecule has 1 aliphatic heterocycles. The zero-order valence-electron chi connectivity index (χ0n) is 28.2. The minimum atomic E-state index is -3.87. The number of nitrogens with one attached hydrogen (secondary N) is 3. The van der Waals surface area contributed by atoms with Crippen molar-refractivity contribution in [3.63, 3.8) is 0 Å². The molecule has 1 saturated heterocycles. The van der Waals surface area contributed by atoms with Crippen molar-refractivity contribution >= 4 is 27.6 Å². The van der Waals surface area contributed by atoms with Crippen LogP contribution in [0.15, 0.2) is 30.3 Å². The molecular formula is C34H54N4O7S. The highest BCUT2D eigenvalue weighted by Gasteiger charge is 2.52. The number of fused-ring (bicyclic) bond motifs is 1. The second kappa shape index (κ2) is 13.9. The largest absolute Gasteiger partial charge is 0.390 e. The van der Waals surface area contributed by atoms with Gasteiger partial charge in [-0.2, -0.15) is 0 Å². The fraction of sp³-hybridized carbons (Fsp3) is 0.735. The van der Waals surface area contributed by atoms with Crippen LogP contribution in [0.4, 0.5) is 0 Å². The van der Waals surface area contributed by atoms with E-state index in [-0.39, 0.29) is 31.7 Å². The number of aliphatic hydroxyl groups excluding tert-OH is 1. The highest BCUT2D eigenvalue weighted by atomic mass is 32.2. The minimum absolute atomic E-state index is 0.0805. The Balaban J connectivity index is 1.61. The standard InChI is InChI=1S/C34H54N4O7S/c1-32(2,3)37-29(40)26-19-23-14-10-11-15-24(23)20-38(26)21-27(39)25(18-22-12-8-7-9-13-22)35-30(41)28(33(4,5)46(6,44)45)36-31(42)34(43)16-17-34/h7-9,12-13,23-28,39,43H,10-11,14-21H2,1-6H3,(H,35,41)(H,36,42)(H,37,40)/t23-,24+,25?,26?,27?,28+/m0/s1. The van der Waals surface area contributed by atoms with Crippen molar-refractivity contribution in [1.82, 2.24) is 20.9 Å². The lowest BCUT2D eigenvalue weighted by molar-refractivity contribution is -0.136. The fourth-order valence-corrected chi connectivity index (χ4v) is 7.39. The Labute approximate surface area is 274 Å². The molecule has 0 aromatic heterocycles. The highest BCUT2D eigenvalue weighted by molar-refractivity contribution is 7.92. The first-order valence-corrected chi connectivity index (χ1v) is 18.5. The summed E-state index contributed by atoms with van der Waals surface area (Å²) in [7, 11) is -3.87. The van der Waals surface area contributed by atoms with Gasteiger partial charge in [-0.3, -0.25) is 19.3 Å². The highest BCUT2D eigenvalue weighted by Crippen LogP contribution is 2.39. The maximum atomic E-state index is 14.0. The third-order valence-corrected chi connectivity index (χ3v) is 12.3. The van der Waals surface area contributed by atoms with Gasteiger partial charge in [-0.05, 0) is 84.1 Å². The van der Waals surface area contributed by atoms with Gasteiger partial charge in [0.2, 0.25) is 11.8 Å². The fourth-order valence-electron chi connectivity index (χ4n) is 6.79. The molecule has 11 nitrogen and oxygen atoms in total. The molecule has 0 bridgehead atoms. The van der Waals surface area contributed by atoms with Gasteiger partial charge in [-0.25, -0.2) is 8.42 Å². The number of β-amino-alcohol motifs (C(OH)–C–C–N with tert-alkyl or cyclic N) is 1. The Morgan fingerprint density at radius 3 is 2.17 bits per heavy atom. The summed E-state index contributed by atoms with van der Waals surface area (Å²) in [5, 5.41) is 30.7. The van der Waals surface area contributed by atoms with Gasteiger partial charge in [0.15, 0.2) is 9.84 Å². The normalized spacial score (nSPS) is 25.3. The smallest absolute Gasteiger partial charge is 0.252 e. The van der Waals surface area contributed by atoms with E-state index in [9.17, 15) is 33.0 Å². The van der Waals surface area contributed by atoms with Crippen molar-refractivity contribution < 1.29 is 33.0 Å². The van der Waals surface area contributed by atoms with Gasteiger partial charge >= 0.3 is 0 Å². The molecule has 3 aliphatic rings. The molecule has 3 unspecified atom stereocenters. The third-order valence-electron chi connectivity index (χ3n) is 10.2. The number of hydrogen-bond donors (Lipinski definition) is 5. The van der Waals surface area contributed by atoms with Gasteiger partial charge in [-0.1, -0.05) is 49.6 Å². The Morgan fingerprint density at radius 1 is 1.00 bits per heavy atom. The van der Waals surface area contributed by atoms with Crippen LogP contribution in [0.1, 0.15) is 85.1 Å². The van der Waals surface area contributed by atoms with Crippen molar-refractivity contribution in [3.05, 3.63) is 35.9 Å². The van der Waals surface area contributed by atoms with Crippen molar-refractivity contribution in [2.45, 2.75) is 126 Å². The molecule has 5 N–H and O–H groups in total. The lowest BCUT2D eigenvalue weighted by atomic mass is 9.72. The Bertz CT molecular complexity index is 1360. The number of sulfone groups is 1. The summed E-state index contributed by atoms with van der Waals surface area (Å²) in [5.41, 5.74) is -1.20. The third kappa shape index (κ3) is 8.87. The average Bonchev–Trinajstić information content (AvgIpc) is 3.72. The van der Waals surface area contributed by atoms with E-state index in [1.165, 1.54) is 13.8 Å². The van der Waals surface area contributed by atoms with Crippen LogP contribution in [0, 0.1) is 11.8 Å². The molecule has 3 amide bonds. The quantitative estimate of drug-likeness (QED) is 0.226. The molecule has 2 saturated carbocycles. The summed E-state index contributed by atoms with van der Waals surface area (Å²) in [6.07, 6.45) is 5.72. The van der Waals surface area contributed by atoms with Crippen molar-refractivity contribution in [2.24, 2.45) is 11.8 Å². The molecule has 1 heterocycles. The summed E-state index contributed by atoms with van der Waals surface area (Å²) in [6, 6.07) is 6.49. The van der Waals surface area contributed by atoms with Crippen LogP contribution < -0.4 is 16.0 Å². The number of rotatable bonds is 12. The van der Waals surface area contributed by atoms with Gasteiger partial charge in [0.25, 0.3) is 5.91 Å². The zero-order valence-corrected chi connectivity index (χ0v) is 29.0. The van der Waals surface area contributed by atoms with E-state index in [4.69, 9.17) is 0 Å². The van der Waals surface area contributed by atoms with E-state index in [2.05, 4.69) is 16.0 Å². The summed E-state index contributed by atoms with van der Waals surface area (Å²) in [6.45, 7) is 9.33. The molecule has 258 valence electrons. The first-order chi connectivity index (χ1) is 21.3. The number of hydrogen-bond acceptors (Lipinski definition) is 8. The second-order valence-electron chi connectivity index (χ2n) is 15.4. The monoisotopic (exact) mass is 662 g/mol. The number of amides is 3. The topological polar surface area (TPSA) is 165 Å². The Morgan fingerprint density at radius 2 is 1.61 bits per heavy atom. The molecule has 4 rings (SSSR count). The number of likely N-dealkylation sites (tertiary alicyclic amines) is 1. The number of nitrogens with zero attached hydrogens (tertiary/aromatic N) is 1. The number of carbonyl (C=O) groups excluding carboxylic acids is 3. The molecule has 3 fully saturated rings. The Hall–Kier alpha value is -2.54. The molecule has 2 aliphatic carbocycles. The number of carbonyl (C=O) groups is 3. The predicted octanol–water partition coefficient (Wildman–Crippen LogP) is 1.70. The lowest BCUT2D eigenvalue weighted by Crippen LogP contribution is -2.65. The summed E-state index contributed by atoms with van der Waals surface area (Å²) in [4.78, 5) is 42.5. The SMILES string of the molecule is CC(C)(C)NC(=O)C1C[C@@H]2CCCC[C@@H]2CN1CC(O)C(Cc1ccccc1)NC(=O)[C@@H](NC(=O)C1(O)CC1)C(C)(C)S(C)(=O)=O. The van der Waals surface area contributed by atoms with Gasteiger partial charge in [-0.15, -0.1) is 0 Å². The van der Waals surface area contributed by atoms with Crippen LogP contribution >= 0.6 is 0 Å². The van der Waals surface area contributed by atoms with E-state index in [1.807, 2.05) is 56.0 Å². The molecule has 46 heavy (non-hydrogen) atoms. The van der Waals surface area contributed by atoms with Crippen LogP contribution in [0.5, 0.6) is 0 Å². The molecule has 0 radical (unpaired) electrons. The van der Waals surface area contributed by atoms with Crippen LogP contribution in [-0.4, -0.2) is 101 Å². The molecule has 6 atom stereocenters. The van der Waals surface area contributed by atoms with Crippen molar-refractivity contribution in [2.75, 3.05) is 19.3 Å². The summed E-state index contributed by atoms with van der Waals surface area (Å²) in [5.74, 6) is -0.789. The molecular weight excluding hydrogens is 608 g/mol. The van der Waals surface area contributed by atoms with E-state index in [0.29, 0.717) is 24.8 Å². The molecule has 0 spiro atoms. The van der Waals surface area contributed by atoms with Gasteiger partial charge in [0, 0.05) is 24.9 Å². The number of benzene rings is 1. The van der Waals surface area contributed by atoms with E-state index >= 15 is 0 Å². The first-order valence-electron chi connectivity index (χ1n) is 16.6. The first kappa shape index (κ1) is 36.3. The second-order valence-corrected chi connectivity index (χ2v) is 18.0. The molecule has 1 aromatic carbocycles. The van der Waals surface area contributed by atoms with Crippen LogP contribution in [0.3, 0.4) is 0 Å². The summed E-state index contributed by atoms with van der Waals surface area (Å²) < 4.78 is 24.0. The molecule has 12 heteroatoms. The van der Waals surface area contributed by atoms with Gasteiger partial charge in [0.1, 0.15) is 11.6 Å². The predicted molar refractivity (Wildman–Crippen MR) is 176 cm³/mol. The van der Waals surface area contributed by atoms with Crippen LogP contribution in [0.25, 0.3) is 0 Å². The Kier molecular flexibility index (Phi) is 11.0. The number of piperidine rings is 1. The average molecular weight is 663 g/mol.